The standard InChI is InChI=1S/C20H26N2O/c1-3-14-10-13-11-17-19-16(15-6-4-5-7-18(15)21-19)8-9-22(12-13)20(14,17)23-2/h4-7,13-14,17,21H,3,8-12H2,1-2H3/t13-,14+,17+,20-/m1/s1. The Bertz CT molecular complexity index is 751. The number of hydrogen-bond donors (Lipinski definition) is 1. The minimum atomic E-state index is -0.0877. The summed E-state index contributed by atoms with van der Waals surface area (Å²) in [5.41, 5.74) is 4.23. The molecule has 4 bridgehead atoms. The predicted molar refractivity (Wildman–Crippen MR) is 92.6 cm³/mol. The fourth-order valence-electron chi connectivity index (χ4n) is 6.06. The SMILES string of the molecule is CC[C@H]1C[C@@H]2C[C@H]3c4[nH]c5ccccc5c4CCN(C2)[C@@]13OC. The molecule has 0 radical (unpaired) electrons. The topological polar surface area (TPSA) is 28.3 Å². The van der Waals surface area contributed by atoms with Crippen LogP contribution in [0.5, 0.6) is 0 Å². The molecular formula is C20H26N2O. The Balaban J connectivity index is 1.74. The quantitative estimate of drug-likeness (QED) is 0.911. The van der Waals surface area contributed by atoms with Crippen molar-refractivity contribution in [2.75, 3.05) is 20.2 Å². The highest BCUT2D eigenvalue weighted by atomic mass is 16.5. The molecule has 1 aromatic carbocycles. The third-order valence-electron chi connectivity index (χ3n) is 6.89. The summed E-state index contributed by atoms with van der Waals surface area (Å²) >= 11 is 0. The van der Waals surface area contributed by atoms with Crippen LogP contribution in [0.2, 0.25) is 0 Å². The van der Waals surface area contributed by atoms with Crippen molar-refractivity contribution in [3.8, 4) is 0 Å². The van der Waals surface area contributed by atoms with Crippen LogP contribution >= 0.6 is 0 Å². The highest BCUT2D eigenvalue weighted by molar-refractivity contribution is 5.85. The van der Waals surface area contributed by atoms with Crippen molar-refractivity contribution in [3.63, 3.8) is 0 Å². The first-order valence-corrected chi connectivity index (χ1v) is 9.17. The van der Waals surface area contributed by atoms with Gasteiger partial charge in [0, 0.05) is 48.6 Å². The van der Waals surface area contributed by atoms with Crippen molar-refractivity contribution < 1.29 is 4.74 Å². The van der Waals surface area contributed by atoms with Gasteiger partial charge in [-0.2, -0.15) is 0 Å². The van der Waals surface area contributed by atoms with Gasteiger partial charge in [0.25, 0.3) is 0 Å². The van der Waals surface area contributed by atoms with E-state index in [2.05, 4.69) is 41.1 Å². The van der Waals surface area contributed by atoms with Gasteiger partial charge in [0.15, 0.2) is 0 Å². The van der Waals surface area contributed by atoms with Gasteiger partial charge in [-0.15, -0.1) is 0 Å². The number of methoxy groups -OCH3 is 1. The Morgan fingerprint density at radius 1 is 1.30 bits per heavy atom. The van der Waals surface area contributed by atoms with Crippen molar-refractivity contribution in [1.82, 2.24) is 9.88 Å². The Hall–Kier alpha value is -1.32. The fourth-order valence-corrected chi connectivity index (χ4v) is 6.06. The Kier molecular flexibility index (Phi) is 2.96. The molecule has 1 aliphatic carbocycles. The lowest BCUT2D eigenvalue weighted by molar-refractivity contribution is -0.244. The van der Waals surface area contributed by atoms with E-state index >= 15 is 0 Å². The van der Waals surface area contributed by atoms with Crippen molar-refractivity contribution in [2.45, 2.75) is 44.2 Å². The molecule has 3 heteroatoms. The molecule has 3 aliphatic heterocycles. The summed E-state index contributed by atoms with van der Waals surface area (Å²) in [5, 5.41) is 1.42. The lowest BCUT2D eigenvalue weighted by Crippen LogP contribution is -2.67. The number of hydrogen-bond acceptors (Lipinski definition) is 2. The maximum absolute atomic E-state index is 6.38. The molecule has 1 N–H and O–H groups in total. The van der Waals surface area contributed by atoms with Gasteiger partial charge >= 0.3 is 0 Å². The minimum absolute atomic E-state index is 0.0877. The van der Waals surface area contributed by atoms with Gasteiger partial charge < -0.3 is 9.72 Å². The van der Waals surface area contributed by atoms with Crippen LogP contribution in [0.4, 0.5) is 0 Å². The van der Waals surface area contributed by atoms with E-state index in [0.717, 1.165) is 18.9 Å². The van der Waals surface area contributed by atoms with Crippen LogP contribution in [-0.2, 0) is 11.2 Å². The number of nitrogens with zero attached hydrogens (tertiary/aromatic N) is 1. The van der Waals surface area contributed by atoms with Gasteiger partial charge in [-0.25, -0.2) is 0 Å². The largest absolute Gasteiger partial charge is 0.363 e. The summed E-state index contributed by atoms with van der Waals surface area (Å²) in [4.78, 5) is 6.48. The van der Waals surface area contributed by atoms with Crippen LogP contribution in [0, 0.1) is 11.8 Å². The van der Waals surface area contributed by atoms with Crippen LogP contribution in [-0.4, -0.2) is 35.8 Å². The van der Waals surface area contributed by atoms with Gasteiger partial charge in [-0.1, -0.05) is 25.1 Å². The second-order valence-electron chi connectivity index (χ2n) is 7.71. The van der Waals surface area contributed by atoms with Crippen LogP contribution in [0.25, 0.3) is 10.9 Å². The van der Waals surface area contributed by atoms with E-state index in [-0.39, 0.29) is 5.72 Å². The maximum Gasteiger partial charge on any atom is 0.132 e. The molecule has 0 amide bonds. The third-order valence-corrected chi connectivity index (χ3v) is 6.89. The summed E-state index contributed by atoms with van der Waals surface area (Å²) < 4.78 is 6.38. The minimum Gasteiger partial charge on any atom is -0.363 e. The fraction of sp³-hybridized carbons (Fsp3) is 0.600. The molecule has 0 spiro atoms. The zero-order valence-corrected chi connectivity index (χ0v) is 14.1. The molecule has 122 valence electrons. The van der Waals surface area contributed by atoms with E-state index in [1.165, 1.54) is 42.4 Å². The van der Waals surface area contributed by atoms with Crippen LogP contribution < -0.4 is 0 Å². The van der Waals surface area contributed by atoms with Gasteiger partial charge in [0.05, 0.1) is 0 Å². The molecule has 5 atom stereocenters. The normalized spacial score (nSPS) is 38.5. The summed E-state index contributed by atoms with van der Waals surface area (Å²) in [5.74, 6) is 1.98. The average Bonchev–Trinajstić information content (AvgIpc) is 2.94. The van der Waals surface area contributed by atoms with Crippen molar-refractivity contribution in [2.24, 2.45) is 11.8 Å². The van der Waals surface area contributed by atoms with Crippen molar-refractivity contribution in [3.05, 3.63) is 35.5 Å². The van der Waals surface area contributed by atoms with E-state index in [1.54, 1.807) is 5.56 Å². The van der Waals surface area contributed by atoms with Crippen LogP contribution in [0.15, 0.2) is 24.3 Å². The van der Waals surface area contributed by atoms with E-state index in [1.807, 2.05) is 7.11 Å². The molecule has 4 aliphatic rings. The lowest BCUT2D eigenvalue weighted by atomic mass is 9.62. The van der Waals surface area contributed by atoms with E-state index in [4.69, 9.17) is 4.74 Å². The Morgan fingerprint density at radius 3 is 3.00 bits per heavy atom. The number of piperidine rings is 2. The van der Waals surface area contributed by atoms with Gasteiger partial charge in [0.1, 0.15) is 5.72 Å². The highest BCUT2D eigenvalue weighted by Crippen LogP contribution is 2.57. The smallest absolute Gasteiger partial charge is 0.132 e. The summed E-state index contributed by atoms with van der Waals surface area (Å²) in [6, 6.07) is 8.81. The molecular weight excluding hydrogens is 284 g/mol. The molecule has 3 fully saturated rings. The molecule has 1 aromatic heterocycles. The molecule has 1 unspecified atom stereocenters. The van der Waals surface area contributed by atoms with E-state index < -0.39 is 0 Å². The number of benzene rings is 1. The predicted octanol–water partition coefficient (Wildman–Crippen LogP) is 3.90. The first-order valence-electron chi connectivity index (χ1n) is 9.17. The zero-order chi connectivity index (χ0) is 15.6. The molecule has 2 aromatic rings. The van der Waals surface area contributed by atoms with E-state index in [9.17, 15) is 0 Å². The second-order valence-corrected chi connectivity index (χ2v) is 7.71. The van der Waals surface area contributed by atoms with Gasteiger partial charge in [0.2, 0.25) is 0 Å². The molecule has 2 saturated heterocycles. The number of aromatic amines is 1. The summed E-state index contributed by atoms with van der Waals surface area (Å²) in [7, 11) is 1.95. The zero-order valence-electron chi connectivity index (χ0n) is 14.1. The van der Waals surface area contributed by atoms with Gasteiger partial charge in [-0.3, -0.25) is 4.90 Å². The third kappa shape index (κ3) is 1.67. The van der Waals surface area contributed by atoms with E-state index in [0.29, 0.717) is 11.8 Å². The second kappa shape index (κ2) is 4.84. The van der Waals surface area contributed by atoms with Crippen LogP contribution in [0.1, 0.15) is 43.4 Å². The molecule has 1 saturated carbocycles. The monoisotopic (exact) mass is 310 g/mol. The number of ether oxygens (including phenoxy) is 1. The number of fused-ring (bicyclic) bond motifs is 4. The first kappa shape index (κ1) is 14.1. The number of aromatic nitrogens is 1. The van der Waals surface area contributed by atoms with Crippen LogP contribution in [0.3, 0.4) is 0 Å². The number of para-hydroxylation sites is 1. The number of nitrogens with one attached hydrogen (secondary N) is 1. The highest BCUT2D eigenvalue weighted by Gasteiger charge is 2.60. The average molecular weight is 310 g/mol. The Morgan fingerprint density at radius 2 is 2.17 bits per heavy atom. The molecule has 23 heavy (non-hydrogen) atoms. The van der Waals surface area contributed by atoms with Gasteiger partial charge in [-0.05, 0) is 43.2 Å². The van der Waals surface area contributed by atoms with Crippen molar-refractivity contribution >= 4 is 10.9 Å². The summed E-state index contributed by atoms with van der Waals surface area (Å²) in [6.07, 6.45) is 4.98. The Labute approximate surface area is 138 Å². The molecule has 6 rings (SSSR count). The first-order chi connectivity index (χ1) is 11.3. The molecule has 4 heterocycles. The van der Waals surface area contributed by atoms with Crippen molar-refractivity contribution in [1.29, 1.82) is 0 Å². The summed E-state index contributed by atoms with van der Waals surface area (Å²) in [6.45, 7) is 4.70. The maximum atomic E-state index is 6.38. The lowest BCUT2D eigenvalue weighted by Gasteiger charge is -2.61. The number of rotatable bonds is 2. The molecule has 3 nitrogen and oxygen atoms in total. The number of H-pyrrole nitrogens is 1.